The number of hydrogen-bond acceptors (Lipinski definition) is 4. The van der Waals surface area contributed by atoms with Crippen LogP contribution in [0.1, 0.15) is 0 Å². The van der Waals surface area contributed by atoms with Crippen LogP contribution in [0.25, 0.3) is 51.5 Å². The number of fused-ring (bicyclic) bond motifs is 8. The number of anilines is 3. The van der Waals surface area contributed by atoms with E-state index in [9.17, 15) is 0 Å². The molecule has 5 aromatic carbocycles. The fourth-order valence-corrected chi connectivity index (χ4v) is 7.54. The number of thiophene rings is 2. The summed E-state index contributed by atoms with van der Waals surface area (Å²) in [5, 5.41) is 4.99. The van der Waals surface area contributed by atoms with Crippen molar-refractivity contribution in [3.05, 3.63) is 115 Å². The maximum Gasteiger partial charge on any atom is 0.154 e. The molecule has 170 valence electrons. The van der Waals surface area contributed by atoms with Crippen LogP contribution in [0.3, 0.4) is 0 Å². The summed E-state index contributed by atoms with van der Waals surface area (Å²) in [5.74, 6) is 0. The van der Waals surface area contributed by atoms with E-state index in [2.05, 4.69) is 108 Å². The number of rotatable bonds is 3. The Balaban J connectivity index is 1.34. The van der Waals surface area contributed by atoms with Crippen LogP contribution in [0.5, 0.6) is 0 Å². The number of benzene rings is 5. The van der Waals surface area contributed by atoms with Crippen LogP contribution in [-0.4, -0.2) is 0 Å². The molecule has 0 aliphatic rings. The minimum Gasteiger partial charge on any atom is -0.454 e. The molecule has 0 aliphatic carbocycles. The lowest BCUT2D eigenvalue weighted by molar-refractivity contribution is 0.673. The van der Waals surface area contributed by atoms with Crippen LogP contribution in [0, 0.1) is 0 Å². The van der Waals surface area contributed by atoms with E-state index in [-0.39, 0.29) is 0 Å². The summed E-state index contributed by atoms with van der Waals surface area (Å²) in [6.07, 6.45) is 0. The molecule has 4 heteroatoms. The lowest BCUT2D eigenvalue weighted by atomic mass is 10.1. The van der Waals surface area contributed by atoms with Crippen LogP contribution in [0.4, 0.5) is 17.1 Å². The van der Waals surface area contributed by atoms with Crippen molar-refractivity contribution in [1.82, 2.24) is 0 Å². The Bertz CT molecular complexity index is 2060. The number of nitrogens with zero attached hydrogens (tertiary/aromatic N) is 1. The van der Waals surface area contributed by atoms with Gasteiger partial charge in [0, 0.05) is 52.7 Å². The topological polar surface area (TPSA) is 16.4 Å². The van der Waals surface area contributed by atoms with E-state index in [0.717, 1.165) is 28.2 Å². The minimum atomic E-state index is 0.951. The van der Waals surface area contributed by atoms with Crippen molar-refractivity contribution in [3.63, 3.8) is 0 Å². The van der Waals surface area contributed by atoms with E-state index in [0.29, 0.717) is 0 Å². The first-order valence-corrected chi connectivity index (χ1v) is 13.6. The highest BCUT2D eigenvalue weighted by molar-refractivity contribution is 7.26. The molecule has 0 saturated carbocycles. The lowest BCUT2D eigenvalue weighted by Crippen LogP contribution is -2.09. The van der Waals surface area contributed by atoms with E-state index in [4.69, 9.17) is 4.42 Å². The second-order valence-corrected chi connectivity index (χ2v) is 11.1. The molecule has 2 nitrogen and oxygen atoms in total. The third-order valence-electron chi connectivity index (χ3n) is 6.86. The van der Waals surface area contributed by atoms with Gasteiger partial charge < -0.3 is 9.32 Å². The van der Waals surface area contributed by atoms with Gasteiger partial charge in [0.2, 0.25) is 0 Å². The van der Waals surface area contributed by atoms with Gasteiger partial charge in [-0.25, -0.2) is 0 Å². The molecule has 3 heterocycles. The summed E-state index contributed by atoms with van der Waals surface area (Å²) in [7, 11) is 0. The maximum absolute atomic E-state index is 6.25. The average Bonchev–Trinajstić information content (AvgIpc) is 3.58. The van der Waals surface area contributed by atoms with Crippen LogP contribution < -0.4 is 4.90 Å². The Morgan fingerprint density at radius 1 is 0.472 bits per heavy atom. The van der Waals surface area contributed by atoms with E-state index < -0.39 is 0 Å². The molecule has 36 heavy (non-hydrogen) atoms. The molecule has 0 amide bonds. The van der Waals surface area contributed by atoms with E-state index in [1.54, 1.807) is 11.3 Å². The third-order valence-corrected chi connectivity index (χ3v) is 9.17. The largest absolute Gasteiger partial charge is 0.454 e. The Morgan fingerprint density at radius 2 is 1.11 bits per heavy atom. The quantitative estimate of drug-likeness (QED) is 0.241. The lowest BCUT2D eigenvalue weighted by Gasteiger charge is -2.25. The Labute approximate surface area is 215 Å². The predicted molar refractivity (Wildman–Crippen MR) is 157 cm³/mol. The van der Waals surface area contributed by atoms with Crippen LogP contribution in [0.15, 0.2) is 120 Å². The monoisotopic (exact) mass is 497 g/mol. The van der Waals surface area contributed by atoms with Gasteiger partial charge in [-0.2, -0.15) is 0 Å². The van der Waals surface area contributed by atoms with Crippen LogP contribution in [-0.2, 0) is 0 Å². The van der Waals surface area contributed by atoms with Gasteiger partial charge in [-0.1, -0.05) is 54.6 Å². The van der Waals surface area contributed by atoms with Gasteiger partial charge in [0.1, 0.15) is 5.58 Å². The molecule has 0 fully saturated rings. The zero-order valence-electron chi connectivity index (χ0n) is 19.1. The van der Waals surface area contributed by atoms with Gasteiger partial charge in [0.05, 0.1) is 4.70 Å². The first-order valence-electron chi connectivity index (χ1n) is 11.9. The first-order chi connectivity index (χ1) is 17.8. The minimum absolute atomic E-state index is 0.951. The van der Waals surface area contributed by atoms with Crippen molar-refractivity contribution in [2.24, 2.45) is 0 Å². The zero-order valence-corrected chi connectivity index (χ0v) is 20.8. The van der Waals surface area contributed by atoms with Gasteiger partial charge in [-0.3, -0.25) is 0 Å². The molecular formula is C32H19NOS2. The molecule has 0 spiro atoms. The second-order valence-electron chi connectivity index (χ2n) is 8.99. The van der Waals surface area contributed by atoms with Gasteiger partial charge in [-0.05, 0) is 60.7 Å². The van der Waals surface area contributed by atoms with Crippen molar-refractivity contribution in [3.8, 4) is 0 Å². The van der Waals surface area contributed by atoms with Gasteiger partial charge in [0.25, 0.3) is 0 Å². The number of furan rings is 1. The molecule has 3 aromatic heterocycles. The highest BCUT2D eigenvalue weighted by atomic mass is 32.1. The fourth-order valence-electron chi connectivity index (χ4n) is 5.21. The fraction of sp³-hybridized carbons (Fsp3) is 0. The molecule has 0 saturated heterocycles. The molecule has 0 aliphatic heterocycles. The van der Waals surface area contributed by atoms with Crippen molar-refractivity contribution in [2.75, 3.05) is 4.90 Å². The van der Waals surface area contributed by atoms with Gasteiger partial charge in [-0.15, -0.1) is 22.7 Å². The Kier molecular flexibility index (Phi) is 4.30. The summed E-state index contributed by atoms with van der Waals surface area (Å²) in [4.78, 5) is 2.35. The SMILES string of the molecule is c1ccc(N(c2ccc3c(c2)sc2ccccc23)c2ccc3c(c2)sc2c4ccccc4oc32)cc1. The highest BCUT2D eigenvalue weighted by Gasteiger charge is 2.18. The average molecular weight is 498 g/mol. The molecular weight excluding hydrogens is 478 g/mol. The summed E-state index contributed by atoms with van der Waals surface area (Å²) >= 11 is 3.66. The smallest absolute Gasteiger partial charge is 0.154 e. The summed E-state index contributed by atoms with van der Waals surface area (Å²) in [6, 6.07) is 41.1. The normalized spacial score (nSPS) is 11.9. The predicted octanol–water partition coefficient (Wildman–Crippen LogP) is 10.6. The van der Waals surface area contributed by atoms with Crippen molar-refractivity contribution >= 4 is 91.2 Å². The van der Waals surface area contributed by atoms with E-state index >= 15 is 0 Å². The second kappa shape index (κ2) is 7.69. The molecule has 0 unspecified atom stereocenters. The van der Waals surface area contributed by atoms with Gasteiger partial charge in [0.15, 0.2) is 5.58 Å². The molecule has 0 atom stereocenters. The molecule has 0 bridgehead atoms. The number of hydrogen-bond donors (Lipinski definition) is 0. The summed E-state index contributed by atoms with van der Waals surface area (Å²) in [5.41, 5.74) is 5.38. The Hall–Kier alpha value is -4.12. The van der Waals surface area contributed by atoms with E-state index in [1.807, 2.05) is 23.5 Å². The summed E-state index contributed by atoms with van der Waals surface area (Å²) < 4.78 is 11.3. The van der Waals surface area contributed by atoms with Crippen molar-refractivity contribution < 1.29 is 4.42 Å². The summed E-state index contributed by atoms with van der Waals surface area (Å²) in [6.45, 7) is 0. The molecule has 0 radical (unpaired) electrons. The van der Waals surface area contributed by atoms with Crippen LogP contribution >= 0.6 is 22.7 Å². The Morgan fingerprint density at radius 3 is 1.94 bits per heavy atom. The zero-order chi connectivity index (χ0) is 23.6. The van der Waals surface area contributed by atoms with E-state index in [1.165, 1.54) is 40.3 Å². The van der Waals surface area contributed by atoms with Gasteiger partial charge >= 0.3 is 0 Å². The molecule has 8 aromatic rings. The third kappa shape index (κ3) is 2.95. The molecule has 0 N–H and O–H groups in total. The first kappa shape index (κ1) is 20.1. The van der Waals surface area contributed by atoms with Crippen molar-refractivity contribution in [2.45, 2.75) is 0 Å². The standard InChI is InChI=1S/C32H19NOS2/c1-2-8-20(9-3-1)33(21-14-16-24-23-10-5-7-13-28(23)35-29(24)18-21)22-15-17-26-30(19-22)36-32-25-11-4-6-12-27(25)34-31(26)32/h1-19H. The highest BCUT2D eigenvalue weighted by Crippen LogP contribution is 2.45. The maximum atomic E-state index is 6.25. The number of para-hydroxylation sites is 2. The molecule has 8 rings (SSSR count). The van der Waals surface area contributed by atoms with Crippen LogP contribution in [0.2, 0.25) is 0 Å². The van der Waals surface area contributed by atoms with Crippen molar-refractivity contribution in [1.29, 1.82) is 0 Å².